The van der Waals surface area contributed by atoms with E-state index in [1.807, 2.05) is 51.1 Å². The number of hydrogen-bond acceptors (Lipinski definition) is 4. The van der Waals surface area contributed by atoms with E-state index in [9.17, 15) is 18.0 Å². The molecule has 214 valence electrons. The Hall–Kier alpha value is -3.07. The lowest BCUT2D eigenvalue weighted by molar-refractivity contribution is -0.139. The Labute approximate surface area is 247 Å². The highest BCUT2D eigenvalue weighted by Crippen LogP contribution is 2.35. The van der Waals surface area contributed by atoms with Gasteiger partial charge in [0.15, 0.2) is 0 Å². The average molecular weight is 605 g/mol. The predicted molar refractivity (Wildman–Crippen MR) is 161 cm³/mol. The number of sulfonamides is 1. The van der Waals surface area contributed by atoms with Crippen LogP contribution in [0.3, 0.4) is 0 Å². The number of benzene rings is 3. The summed E-state index contributed by atoms with van der Waals surface area (Å²) in [4.78, 5) is 28.7. The summed E-state index contributed by atoms with van der Waals surface area (Å²) >= 11 is 12.7. The van der Waals surface area contributed by atoms with Gasteiger partial charge in [-0.3, -0.25) is 13.9 Å². The monoisotopic (exact) mass is 603 g/mol. The van der Waals surface area contributed by atoms with E-state index in [-0.39, 0.29) is 39.0 Å². The fraction of sp³-hybridized carbons (Fsp3) is 0.333. The van der Waals surface area contributed by atoms with Crippen LogP contribution >= 0.6 is 23.2 Å². The van der Waals surface area contributed by atoms with Crippen molar-refractivity contribution in [3.63, 3.8) is 0 Å². The fourth-order valence-corrected chi connectivity index (χ4v) is 6.13. The number of anilines is 1. The maximum absolute atomic E-state index is 14.0. The molecule has 3 aromatic rings. The van der Waals surface area contributed by atoms with Crippen molar-refractivity contribution in [1.29, 1.82) is 0 Å². The summed E-state index contributed by atoms with van der Waals surface area (Å²) in [6.07, 6.45) is 0.845. The van der Waals surface area contributed by atoms with Crippen molar-refractivity contribution in [3.05, 3.63) is 94.5 Å². The summed E-state index contributed by atoms with van der Waals surface area (Å²) in [5.41, 5.74) is 1.07. The third kappa shape index (κ3) is 7.99. The van der Waals surface area contributed by atoms with Crippen LogP contribution in [0.5, 0.6) is 0 Å². The van der Waals surface area contributed by atoms with Crippen molar-refractivity contribution in [2.24, 2.45) is 5.92 Å². The smallest absolute Gasteiger partial charge is 0.264 e. The van der Waals surface area contributed by atoms with Gasteiger partial charge in [-0.05, 0) is 48.6 Å². The second-order valence-corrected chi connectivity index (χ2v) is 12.4. The molecule has 1 atom stereocenters. The number of hydrogen-bond donors (Lipinski definition) is 1. The van der Waals surface area contributed by atoms with Gasteiger partial charge >= 0.3 is 0 Å². The van der Waals surface area contributed by atoms with Crippen molar-refractivity contribution in [2.75, 3.05) is 23.9 Å². The van der Waals surface area contributed by atoms with Crippen LogP contribution in [0.4, 0.5) is 5.69 Å². The summed E-state index contributed by atoms with van der Waals surface area (Å²) in [5, 5.41) is 3.08. The van der Waals surface area contributed by atoms with E-state index in [2.05, 4.69) is 5.32 Å². The van der Waals surface area contributed by atoms with Gasteiger partial charge in [0, 0.05) is 13.1 Å². The van der Waals surface area contributed by atoms with Gasteiger partial charge in [0.1, 0.15) is 12.6 Å². The highest BCUT2D eigenvalue weighted by molar-refractivity contribution is 7.92. The number of carbonyl (C=O) groups excluding carboxylic acids is 2. The van der Waals surface area contributed by atoms with Crippen LogP contribution in [0.2, 0.25) is 10.0 Å². The second-order valence-electron chi connectivity index (χ2n) is 9.78. The van der Waals surface area contributed by atoms with Crippen LogP contribution in [0.15, 0.2) is 83.8 Å². The van der Waals surface area contributed by atoms with Crippen LogP contribution in [0.25, 0.3) is 0 Å². The number of rotatable bonds is 13. The van der Waals surface area contributed by atoms with E-state index in [1.165, 1.54) is 23.1 Å². The first-order valence-electron chi connectivity index (χ1n) is 13.2. The van der Waals surface area contributed by atoms with E-state index in [0.29, 0.717) is 19.4 Å². The Bertz CT molecular complexity index is 1390. The number of carbonyl (C=O) groups is 2. The number of amides is 2. The Morgan fingerprint density at radius 3 is 2.12 bits per heavy atom. The molecule has 7 nitrogen and oxygen atoms in total. The molecule has 3 aromatic carbocycles. The third-order valence-corrected chi connectivity index (χ3v) is 8.95. The van der Waals surface area contributed by atoms with Gasteiger partial charge in [0.05, 0.1) is 20.6 Å². The summed E-state index contributed by atoms with van der Waals surface area (Å²) in [5.74, 6) is -0.583. The van der Waals surface area contributed by atoms with E-state index < -0.39 is 28.5 Å². The van der Waals surface area contributed by atoms with Crippen LogP contribution in [0.1, 0.15) is 32.8 Å². The summed E-state index contributed by atoms with van der Waals surface area (Å²) in [6.45, 7) is 5.91. The molecule has 0 fully saturated rings. The summed E-state index contributed by atoms with van der Waals surface area (Å²) in [6, 6.07) is 21.2. The second kappa shape index (κ2) is 14.5. The SMILES string of the molecule is CC[C@H](C(=O)NCC(C)C)N(CCc1ccccc1)C(=O)CN(c1cccc(Cl)c1Cl)S(=O)(=O)c1ccccc1. The molecule has 0 aliphatic rings. The van der Waals surface area contributed by atoms with Crippen molar-refractivity contribution >= 4 is 50.7 Å². The van der Waals surface area contributed by atoms with Gasteiger partial charge in [-0.2, -0.15) is 0 Å². The molecule has 2 amide bonds. The minimum Gasteiger partial charge on any atom is -0.354 e. The average Bonchev–Trinajstić information content (AvgIpc) is 2.95. The van der Waals surface area contributed by atoms with Gasteiger partial charge < -0.3 is 10.2 Å². The Balaban J connectivity index is 2.02. The molecule has 3 rings (SSSR count). The number of nitrogens with zero attached hydrogens (tertiary/aromatic N) is 2. The number of nitrogens with one attached hydrogen (secondary N) is 1. The van der Waals surface area contributed by atoms with E-state index in [1.54, 1.807) is 30.3 Å². The highest BCUT2D eigenvalue weighted by atomic mass is 35.5. The van der Waals surface area contributed by atoms with Crippen LogP contribution in [-0.2, 0) is 26.0 Å². The first-order valence-corrected chi connectivity index (χ1v) is 15.4. The fourth-order valence-electron chi connectivity index (χ4n) is 4.24. The molecule has 0 aliphatic heterocycles. The quantitative estimate of drug-likeness (QED) is 0.267. The Kier molecular flexibility index (Phi) is 11.4. The third-order valence-electron chi connectivity index (χ3n) is 6.36. The Morgan fingerprint density at radius 1 is 0.900 bits per heavy atom. The minimum absolute atomic E-state index is 0.00334. The van der Waals surface area contributed by atoms with Gasteiger partial charge in [0.25, 0.3) is 10.0 Å². The van der Waals surface area contributed by atoms with Crippen LogP contribution in [0, 0.1) is 5.92 Å². The Morgan fingerprint density at radius 2 is 1.52 bits per heavy atom. The first-order chi connectivity index (χ1) is 19.1. The molecule has 0 spiro atoms. The van der Waals surface area contributed by atoms with E-state index in [4.69, 9.17) is 23.2 Å². The van der Waals surface area contributed by atoms with Crippen molar-refractivity contribution < 1.29 is 18.0 Å². The van der Waals surface area contributed by atoms with Gasteiger partial charge in [0.2, 0.25) is 11.8 Å². The van der Waals surface area contributed by atoms with Crippen LogP contribution in [-0.4, -0.2) is 50.8 Å². The molecule has 0 bridgehead atoms. The topological polar surface area (TPSA) is 86.8 Å². The van der Waals surface area contributed by atoms with E-state index in [0.717, 1.165) is 9.87 Å². The molecule has 0 aromatic heterocycles. The van der Waals surface area contributed by atoms with Gasteiger partial charge in [-0.15, -0.1) is 0 Å². The number of halogens is 2. The van der Waals surface area contributed by atoms with Crippen molar-refractivity contribution in [2.45, 2.75) is 44.6 Å². The summed E-state index contributed by atoms with van der Waals surface area (Å²) < 4.78 is 28.7. The molecule has 0 aliphatic carbocycles. The predicted octanol–water partition coefficient (Wildman–Crippen LogP) is 5.81. The normalized spacial score (nSPS) is 12.2. The maximum atomic E-state index is 14.0. The standard InChI is InChI=1S/C30H35Cl2N3O4S/c1-4-26(30(37)33-20-22(2)3)34(19-18-23-12-7-5-8-13-23)28(36)21-35(27-17-11-16-25(31)29(27)32)40(38,39)24-14-9-6-10-15-24/h5-17,22,26H,4,18-21H2,1-3H3,(H,33,37)/t26-/m1/s1. The molecular formula is C30H35Cl2N3O4S. The van der Waals surface area contributed by atoms with Crippen LogP contribution < -0.4 is 9.62 Å². The van der Waals surface area contributed by atoms with E-state index >= 15 is 0 Å². The molecule has 40 heavy (non-hydrogen) atoms. The molecular weight excluding hydrogens is 569 g/mol. The van der Waals surface area contributed by atoms with Crippen molar-refractivity contribution in [3.8, 4) is 0 Å². The molecule has 0 saturated heterocycles. The van der Waals surface area contributed by atoms with Gasteiger partial charge in [-0.25, -0.2) is 8.42 Å². The minimum atomic E-state index is -4.22. The zero-order chi connectivity index (χ0) is 29.3. The molecule has 1 N–H and O–H groups in total. The molecule has 0 unspecified atom stereocenters. The lowest BCUT2D eigenvalue weighted by Gasteiger charge is -2.33. The highest BCUT2D eigenvalue weighted by Gasteiger charge is 2.34. The molecule has 0 radical (unpaired) electrons. The largest absolute Gasteiger partial charge is 0.354 e. The molecule has 0 heterocycles. The van der Waals surface area contributed by atoms with Crippen molar-refractivity contribution in [1.82, 2.24) is 10.2 Å². The summed E-state index contributed by atoms with van der Waals surface area (Å²) in [7, 11) is -4.22. The zero-order valence-corrected chi connectivity index (χ0v) is 25.2. The first kappa shape index (κ1) is 31.5. The molecule has 0 saturated carbocycles. The lowest BCUT2D eigenvalue weighted by Crippen LogP contribution is -2.53. The van der Waals surface area contributed by atoms with Gasteiger partial charge in [-0.1, -0.05) is 98.6 Å². The molecule has 10 heteroatoms. The maximum Gasteiger partial charge on any atom is 0.264 e. The lowest BCUT2D eigenvalue weighted by atomic mass is 10.1. The zero-order valence-electron chi connectivity index (χ0n) is 22.9.